The molecule has 1 aromatic carbocycles. The summed E-state index contributed by atoms with van der Waals surface area (Å²) in [5.41, 5.74) is 2.38. The highest BCUT2D eigenvalue weighted by Crippen LogP contribution is 2.30. The van der Waals surface area contributed by atoms with Gasteiger partial charge < -0.3 is 5.11 Å². The Morgan fingerprint density at radius 1 is 1.24 bits per heavy atom. The van der Waals surface area contributed by atoms with Crippen molar-refractivity contribution in [2.75, 3.05) is 0 Å². The van der Waals surface area contributed by atoms with Gasteiger partial charge in [-0.1, -0.05) is 5.92 Å². The van der Waals surface area contributed by atoms with Crippen molar-refractivity contribution < 1.29 is 9.50 Å². The summed E-state index contributed by atoms with van der Waals surface area (Å²) in [6.07, 6.45) is 6.03. The fourth-order valence-corrected chi connectivity index (χ4v) is 2.53. The molecule has 3 nitrogen and oxygen atoms in total. The maximum Gasteiger partial charge on any atom is 0.157 e. The molecule has 0 aliphatic rings. The molecule has 1 atom stereocenters. The minimum Gasteiger partial charge on any atom is -0.374 e. The molecule has 0 aliphatic heterocycles. The Balaban J connectivity index is 2.31. The predicted octanol–water partition coefficient (Wildman–Crippen LogP) is 3.57. The lowest BCUT2D eigenvalue weighted by molar-refractivity contribution is 0.233. The molecule has 0 saturated heterocycles. The Hall–Kier alpha value is -2.16. The second kappa shape index (κ2) is 5.32. The number of aliphatic hydroxyl groups is 1. The van der Waals surface area contributed by atoms with Crippen molar-refractivity contribution in [1.29, 1.82) is 0 Å². The van der Waals surface area contributed by atoms with Crippen LogP contribution in [0.3, 0.4) is 0 Å². The van der Waals surface area contributed by atoms with Gasteiger partial charge in [-0.3, -0.25) is 4.40 Å². The van der Waals surface area contributed by atoms with E-state index in [1.54, 1.807) is 22.7 Å². The normalized spacial score (nSPS) is 12.3. The van der Waals surface area contributed by atoms with Crippen LogP contribution in [-0.4, -0.2) is 14.5 Å². The SMILES string of the molecule is C#CC(O)c1c(-c2ccc(F)cc2)nc2ccc(Br)cn12. The molecule has 0 spiro atoms. The summed E-state index contributed by atoms with van der Waals surface area (Å²) in [6.45, 7) is 0. The van der Waals surface area contributed by atoms with Crippen molar-refractivity contribution in [3.8, 4) is 23.6 Å². The maximum atomic E-state index is 13.1. The number of hydrogen-bond donors (Lipinski definition) is 1. The van der Waals surface area contributed by atoms with Crippen molar-refractivity contribution >= 4 is 21.6 Å². The third-order valence-corrected chi connectivity index (χ3v) is 3.62. The number of pyridine rings is 1. The van der Waals surface area contributed by atoms with E-state index in [0.717, 1.165) is 4.47 Å². The van der Waals surface area contributed by atoms with Gasteiger partial charge in [0.2, 0.25) is 0 Å². The van der Waals surface area contributed by atoms with Crippen molar-refractivity contribution in [2.24, 2.45) is 0 Å². The molecule has 0 radical (unpaired) electrons. The molecule has 2 heterocycles. The van der Waals surface area contributed by atoms with Crippen LogP contribution in [0.1, 0.15) is 11.8 Å². The minimum atomic E-state index is -1.10. The van der Waals surface area contributed by atoms with Crippen molar-refractivity contribution in [2.45, 2.75) is 6.10 Å². The van der Waals surface area contributed by atoms with Gasteiger partial charge in [-0.15, -0.1) is 6.42 Å². The van der Waals surface area contributed by atoms with Gasteiger partial charge in [0.1, 0.15) is 11.5 Å². The molecular formula is C16H10BrFN2O. The van der Waals surface area contributed by atoms with Crippen LogP contribution < -0.4 is 0 Å². The van der Waals surface area contributed by atoms with Crippen molar-refractivity contribution in [1.82, 2.24) is 9.38 Å². The van der Waals surface area contributed by atoms with Crippen LogP contribution in [0.15, 0.2) is 47.1 Å². The molecule has 1 unspecified atom stereocenters. The number of aromatic nitrogens is 2. The lowest BCUT2D eigenvalue weighted by atomic mass is 10.1. The average Bonchev–Trinajstić information content (AvgIpc) is 2.85. The molecular weight excluding hydrogens is 335 g/mol. The summed E-state index contributed by atoms with van der Waals surface area (Å²) in [4.78, 5) is 4.49. The van der Waals surface area contributed by atoms with Gasteiger partial charge in [-0.05, 0) is 52.3 Å². The number of benzene rings is 1. The van der Waals surface area contributed by atoms with E-state index in [4.69, 9.17) is 6.42 Å². The molecule has 1 N–H and O–H groups in total. The molecule has 104 valence electrons. The first kappa shape index (κ1) is 13.8. The van der Waals surface area contributed by atoms with E-state index in [1.807, 2.05) is 12.1 Å². The van der Waals surface area contributed by atoms with Crippen molar-refractivity contribution in [3.63, 3.8) is 0 Å². The van der Waals surface area contributed by atoms with E-state index >= 15 is 0 Å². The molecule has 0 aliphatic carbocycles. The van der Waals surface area contributed by atoms with Gasteiger partial charge in [0.15, 0.2) is 6.10 Å². The molecule has 21 heavy (non-hydrogen) atoms. The summed E-state index contributed by atoms with van der Waals surface area (Å²) in [5.74, 6) is 1.98. The smallest absolute Gasteiger partial charge is 0.157 e. The summed E-state index contributed by atoms with van der Waals surface area (Å²) in [6, 6.07) is 9.58. The van der Waals surface area contributed by atoms with E-state index in [9.17, 15) is 9.50 Å². The van der Waals surface area contributed by atoms with Gasteiger partial charge in [0.05, 0.1) is 11.4 Å². The quantitative estimate of drug-likeness (QED) is 0.721. The number of fused-ring (bicyclic) bond motifs is 1. The lowest BCUT2D eigenvalue weighted by Gasteiger charge is -2.07. The molecule has 3 rings (SSSR count). The van der Waals surface area contributed by atoms with Gasteiger partial charge in [-0.25, -0.2) is 9.37 Å². The van der Waals surface area contributed by atoms with Gasteiger partial charge in [0.25, 0.3) is 0 Å². The van der Waals surface area contributed by atoms with Gasteiger partial charge in [-0.2, -0.15) is 0 Å². The van der Waals surface area contributed by atoms with Crippen LogP contribution in [0.25, 0.3) is 16.9 Å². The van der Waals surface area contributed by atoms with Crippen molar-refractivity contribution in [3.05, 3.63) is 58.6 Å². The average molecular weight is 345 g/mol. The number of terminal acetylenes is 1. The second-order valence-corrected chi connectivity index (χ2v) is 5.41. The molecule has 3 aromatic rings. The van der Waals surface area contributed by atoms with E-state index in [1.165, 1.54) is 12.1 Å². The first-order valence-electron chi connectivity index (χ1n) is 6.18. The highest BCUT2D eigenvalue weighted by atomic mass is 79.9. The first-order valence-corrected chi connectivity index (χ1v) is 6.97. The zero-order valence-corrected chi connectivity index (χ0v) is 12.4. The first-order chi connectivity index (χ1) is 10.1. The monoisotopic (exact) mass is 344 g/mol. The Morgan fingerprint density at radius 2 is 1.95 bits per heavy atom. The number of imidazole rings is 1. The van der Waals surface area contributed by atoms with E-state index < -0.39 is 6.10 Å². The van der Waals surface area contributed by atoms with E-state index in [2.05, 4.69) is 26.8 Å². The van der Waals surface area contributed by atoms with Crippen LogP contribution in [0.2, 0.25) is 0 Å². The topological polar surface area (TPSA) is 37.5 Å². The number of halogens is 2. The van der Waals surface area contributed by atoms with Crippen LogP contribution in [-0.2, 0) is 0 Å². The Bertz CT molecular complexity index is 849. The molecule has 5 heteroatoms. The van der Waals surface area contributed by atoms with Crippen LogP contribution in [0.4, 0.5) is 4.39 Å². The van der Waals surface area contributed by atoms with E-state index in [0.29, 0.717) is 22.6 Å². The molecule has 0 bridgehead atoms. The summed E-state index contributed by atoms with van der Waals surface area (Å²) in [5, 5.41) is 10.1. The molecule has 0 fully saturated rings. The summed E-state index contributed by atoms with van der Waals surface area (Å²) >= 11 is 3.38. The second-order valence-electron chi connectivity index (χ2n) is 4.50. The Labute approximate surface area is 129 Å². The largest absolute Gasteiger partial charge is 0.374 e. The maximum absolute atomic E-state index is 13.1. The predicted molar refractivity (Wildman–Crippen MR) is 82.1 cm³/mol. The zero-order valence-electron chi connectivity index (χ0n) is 10.8. The fraction of sp³-hybridized carbons (Fsp3) is 0.0625. The van der Waals surface area contributed by atoms with Gasteiger partial charge >= 0.3 is 0 Å². The summed E-state index contributed by atoms with van der Waals surface area (Å²) in [7, 11) is 0. The highest BCUT2D eigenvalue weighted by Gasteiger charge is 2.19. The standard InChI is InChI=1S/C16H10BrFN2O/c1-2-13(21)16-15(10-3-6-12(18)7-4-10)19-14-8-5-11(17)9-20(14)16/h1,3-9,13,21H. The van der Waals surface area contributed by atoms with Crippen LogP contribution >= 0.6 is 15.9 Å². The highest BCUT2D eigenvalue weighted by molar-refractivity contribution is 9.10. The van der Waals surface area contributed by atoms with Gasteiger partial charge in [0, 0.05) is 16.2 Å². The van der Waals surface area contributed by atoms with E-state index in [-0.39, 0.29) is 5.82 Å². The Morgan fingerprint density at radius 3 is 2.62 bits per heavy atom. The molecule has 0 amide bonds. The number of aliphatic hydroxyl groups excluding tert-OH is 1. The third-order valence-electron chi connectivity index (χ3n) is 3.15. The minimum absolute atomic E-state index is 0.329. The zero-order chi connectivity index (χ0) is 15.0. The molecule has 2 aromatic heterocycles. The van der Waals surface area contributed by atoms with Crippen LogP contribution in [0, 0.1) is 18.2 Å². The number of nitrogens with zero attached hydrogens (tertiary/aromatic N) is 2. The van der Waals surface area contributed by atoms with Crippen LogP contribution in [0.5, 0.6) is 0 Å². The third kappa shape index (κ3) is 2.44. The lowest BCUT2D eigenvalue weighted by Crippen LogP contribution is -2.01. The Kier molecular flexibility index (Phi) is 3.50. The number of hydrogen-bond acceptors (Lipinski definition) is 2. The fourth-order valence-electron chi connectivity index (χ4n) is 2.20. The number of rotatable bonds is 2. The summed E-state index contributed by atoms with van der Waals surface area (Å²) < 4.78 is 15.6. The molecule has 0 saturated carbocycles.